The number of nitrogens with zero attached hydrogens (tertiary/aromatic N) is 2. The zero-order valence-electron chi connectivity index (χ0n) is 16.1. The highest BCUT2D eigenvalue weighted by Gasteiger charge is 2.33. The fourth-order valence-corrected chi connectivity index (χ4v) is 4.29. The third-order valence-corrected chi connectivity index (χ3v) is 6.76. The fourth-order valence-electron chi connectivity index (χ4n) is 2.82. The Kier molecular flexibility index (Phi) is 5.36. The summed E-state index contributed by atoms with van der Waals surface area (Å²) >= 11 is 0. The van der Waals surface area contributed by atoms with Crippen molar-refractivity contribution in [2.45, 2.75) is 49.8 Å². The molecular formula is C21H23N3O4S. The molecule has 152 valence electrons. The van der Waals surface area contributed by atoms with E-state index in [1.165, 1.54) is 17.7 Å². The van der Waals surface area contributed by atoms with Gasteiger partial charge in [-0.2, -0.15) is 4.98 Å². The number of hydrogen-bond acceptors (Lipinski definition) is 6. The van der Waals surface area contributed by atoms with Crippen molar-refractivity contribution in [2.24, 2.45) is 0 Å². The van der Waals surface area contributed by atoms with Gasteiger partial charge in [0.05, 0.1) is 5.25 Å². The Bertz CT molecular complexity index is 1030. The van der Waals surface area contributed by atoms with Crippen LogP contribution in [0.2, 0.25) is 0 Å². The quantitative estimate of drug-likeness (QED) is 0.713. The van der Waals surface area contributed by atoms with Gasteiger partial charge in [0.1, 0.15) is 17.1 Å². The lowest BCUT2D eigenvalue weighted by Crippen LogP contribution is -2.32. The number of carbonyl (C=O) groups is 1. The van der Waals surface area contributed by atoms with Gasteiger partial charge in [0.2, 0.25) is 5.88 Å². The lowest BCUT2D eigenvalue weighted by molar-refractivity contribution is 0.0943. The molecule has 1 heterocycles. The maximum Gasteiger partial charge on any atom is 0.258 e. The molecular weight excluding hydrogens is 390 g/mol. The SMILES string of the molecule is CC(C=CS(=O)(=O)C1CC1)NC(=O)c1cnc(C2CC2)nc1Oc1ccccc1. The largest absolute Gasteiger partial charge is 0.438 e. The van der Waals surface area contributed by atoms with Crippen LogP contribution < -0.4 is 10.1 Å². The van der Waals surface area contributed by atoms with Crippen molar-refractivity contribution in [1.29, 1.82) is 0 Å². The van der Waals surface area contributed by atoms with Crippen LogP contribution in [0, 0.1) is 0 Å². The molecule has 2 saturated carbocycles. The lowest BCUT2D eigenvalue weighted by atomic mass is 10.2. The predicted molar refractivity (Wildman–Crippen MR) is 109 cm³/mol. The maximum absolute atomic E-state index is 12.8. The minimum atomic E-state index is -3.22. The fraction of sp³-hybridized carbons (Fsp3) is 0.381. The van der Waals surface area contributed by atoms with E-state index in [4.69, 9.17) is 4.74 Å². The van der Waals surface area contributed by atoms with Gasteiger partial charge in [0, 0.05) is 23.6 Å². The average molecular weight is 413 g/mol. The van der Waals surface area contributed by atoms with Gasteiger partial charge in [-0.1, -0.05) is 24.3 Å². The van der Waals surface area contributed by atoms with Gasteiger partial charge in [-0.25, -0.2) is 13.4 Å². The first kappa shape index (κ1) is 19.6. The van der Waals surface area contributed by atoms with E-state index < -0.39 is 21.8 Å². The molecule has 8 heteroatoms. The van der Waals surface area contributed by atoms with Crippen molar-refractivity contribution in [1.82, 2.24) is 15.3 Å². The summed E-state index contributed by atoms with van der Waals surface area (Å²) in [6.45, 7) is 1.72. The lowest BCUT2D eigenvalue weighted by Gasteiger charge is -2.13. The smallest absolute Gasteiger partial charge is 0.258 e. The summed E-state index contributed by atoms with van der Waals surface area (Å²) in [6.07, 6.45) is 6.45. The standard InChI is InChI=1S/C21H23N3O4S/c1-14(11-12-29(26,27)17-9-10-17)23-20(25)18-13-22-19(15-7-8-15)24-21(18)28-16-5-3-2-4-6-16/h2-6,11-15,17H,7-10H2,1H3,(H,23,25). The number of carbonyl (C=O) groups excluding carboxylic acids is 1. The number of hydrogen-bond donors (Lipinski definition) is 1. The second kappa shape index (κ2) is 7.94. The van der Waals surface area contributed by atoms with Crippen LogP contribution in [0.1, 0.15) is 54.7 Å². The van der Waals surface area contributed by atoms with Crippen LogP contribution in [-0.4, -0.2) is 35.6 Å². The van der Waals surface area contributed by atoms with Crippen LogP contribution in [0.5, 0.6) is 11.6 Å². The highest BCUT2D eigenvalue weighted by Crippen LogP contribution is 2.39. The van der Waals surface area contributed by atoms with Crippen molar-refractivity contribution in [3.63, 3.8) is 0 Å². The molecule has 0 saturated heterocycles. The van der Waals surface area contributed by atoms with Gasteiger partial charge in [-0.15, -0.1) is 0 Å². The molecule has 1 amide bonds. The summed E-state index contributed by atoms with van der Waals surface area (Å²) in [6, 6.07) is 8.66. The summed E-state index contributed by atoms with van der Waals surface area (Å²) in [5.41, 5.74) is 0.212. The van der Waals surface area contributed by atoms with Crippen molar-refractivity contribution in [3.05, 3.63) is 59.4 Å². The minimum absolute atomic E-state index is 0.201. The van der Waals surface area contributed by atoms with Crippen LogP contribution in [0.25, 0.3) is 0 Å². The number of benzene rings is 1. The highest BCUT2D eigenvalue weighted by atomic mass is 32.2. The number of ether oxygens (including phenoxy) is 1. The number of rotatable bonds is 8. The molecule has 4 rings (SSSR count). The molecule has 0 radical (unpaired) electrons. The molecule has 2 aromatic rings. The Labute approximate surface area is 170 Å². The molecule has 1 N–H and O–H groups in total. The van der Waals surface area contributed by atoms with E-state index in [9.17, 15) is 13.2 Å². The topological polar surface area (TPSA) is 98.2 Å². The molecule has 1 unspecified atom stereocenters. The van der Waals surface area contributed by atoms with Gasteiger partial charge in [0.25, 0.3) is 5.91 Å². The summed E-state index contributed by atoms with van der Waals surface area (Å²) in [4.78, 5) is 21.6. The number of amides is 1. The molecule has 1 aromatic carbocycles. The van der Waals surface area contributed by atoms with Crippen LogP contribution >= 0.6 is 0 Å². The van der Waals surface area contributed by atoms with Crippen molar-refractivity contribution >= 4 is 15.7 Å². The molecule has 2 aliphatic carbocycles. The molecule has 0 spiro atoms. The Hall–Kier alpha value is -2.74. The van der Waals surface area contributed by atoms with Gasteiger partial charge in [-0.05, 0) is 44.7 Å². The molecule has 2 aliphatic rings. The van der Waals surface area contributed by atoms with Gasteiger partial charge < -0.3 is 10.1 Å². The minimum Gasteiger partial charge on any atom is -0.438 e. The number of sulfone groups is 1. The predicted octanol–water partition coefficient (Wildman–Crippen LogP) is 3.36. The summed E-state index contributed by atoms with van der Waals surface area (Å²) in [7, 11) is -3.22. The maximum atomic E-state index is 12.8. The normalized spacial score (nSPS) is 17.8. The van der Waals surface area contributed by atoms with Crippen LogP contribution in [0.3, 0.4) is 0 Å². The molecule has 0 bridgehead atoms. The molecule has 29 heavy (non-hydrogen) atoms. The zero-order chi connectivity index (χ0) is 20.4. The first-order valence-corrected chi connectivity index (χ1v) is 11.4. The highest BCUT2D eigenvalue weighted by molar-refractivity contribution is 7.95. The van der Waals surface area contributed by atoms with Crippen LogP contribution in [0.15, 0.2) is 48.0 Å². The Balaban J connectivity index is 1.51. The van der Waals surface area contributed by atoms with E-state index in [0.29, 0.717) is 30.3 Å². The Morgan fingerprint density at radius 1 is 1.21 bits per heavy atom. The summed E-state index contributed by atoms with van der Waals surface area (Å²) < 4.78 is 29.8. The van der Waals surface area contributed by atoms with Crippen LogP contribution in [0.4, 0.5) is 0 Å². The Morgan fingerprint density at radius 2 is 1.93 bits per heavy atom. The molecule has 2 fully saturated rings. The van der Waals surface area contributed by atoms with E-state index in [2.05, 4.69) is 15.3 Å². The zero-order valence-corrected chi connectivity index (χ0v) is 16.9. The van der Waals surface area contributed by atoms with Crippen molar-refractivity contribution in [3.8, 4) is 11.6 Å². The average Bonchev–Trinajstić information content (AvgIpc) is 3.58. The Morgan fingerprint density at radius 3 is 2.59 bits per heavy atom. The molecule has 1 atom stereocenters. The number of aromatic nitrogens is 2. The van der Waals surface area contributed by atoms with Gasteiger partial charge in [0.15, 0.2) is 9.84 Å². The molecule has 0 aliphatic heterocycles. The second-order valence-electron chi connectivity index (χ2n) is 7.52. The summed E-state index contributed by atoms with van der Waals surface area (Å²) in [5, 5.41) is 3.70. The van der Waals surface area contributed by atoms with E-state index in [0.717, 1.165) is 12.8 Å². The van der Waals surface area contributed by atoms with Gasteiger partial charge in [-0.3, -0.25) is 4.79 Å². The van der Waals surface area contributed by atoms with E-state index in [1.807, 2.05) is 18.2 Å². The monoisotopic (exact) mass is 413 g/mol. The van der Waals surface area contributed by atoms with E-state index >= 15 is 0 Å². The summed E-state index contributed by atoms with van der Waals surface area (Å²) in [5.74, 6) is 1.35. The van der Waals surface area contributed by atoms with Crippen molar-refractivity contribution in [2.75, 3.05) is 0 Å². The molecule has 7 nitrogen and oxygen atoms in total. The number of nitrogens with one attached hydrogen (secondary N) is 1. The van der Waals surface area contributed by atoms with E-state index in [1.54, 1.807) is 19.1 Å². The first-order valence-electron chi connectivity index (χ1n) is 9.75. The van der Waals surface area contributed by atoms with E-state index in [-0.39, 0.29) is 16.7 Å². The van der Waals surface area contributed by atoms with Gasteiger partial charge >= 0.3 is 0 Å². The molecule has 1 aromatic heterocycles. The first-order chi connectivity index (χ1) is 13.9. The third-order valence-electron chi connectivity index (χ3n) is 4.82. The number of para-hydroxylation sites is 1. The van der Waals surface area contributed by atoms with Crippen molar-refractivity contribution < 1.29 is 17.9 Å². The van der Waals surface area contributed by atoms with Crippen LogP contribution in [-0.2, 0) is 9.84 Å². The second-order valence-corrected chi connectivity index (χ2v) is 9.63. The third kappa shape index (κ3) is 5.00.